The second-order valence-corrected chi connectivity index (χ2v) is 6.50. The smallest absolute Gasteiger partial charge is 0.228 e. The Bertz CT molecular complexity index is 1240. The third-order valence-corrected chi connectivity index (χ3v) is 4.72. The molecule has 0 unspecified atom stereocenters. The van der Waals surface area contributed by atoms with Gasteiger partial charge < -0.3 is 13.5 Å². The van der Waals surface area contributed by atoms with Crippen LogP contribution < -0.4 is 0 Å². The number of hydrogen-bond donors (Lipinski definition) is 0. The summed E-state index contributed by atoms with van der Waals surface area (Å²) in [6.07, 6.45) is 7.73. The molecule has 0 fully saturated rings. The number of fused-ring (bicyclic) bond motifs is 1. The molecule has 0 bridgehead atoms. The van der Waals surface area contributed by atoms with Crippen LogP contribution in [0.2, 0.25) is 0 Å². The summed E-state index contributed by atoms with van der Waals surface area (Å²) in [5.74, 6) is 2.69. The number of benzene rings is 1. The number of imidazole rings is 1. The maximum atomic E-state index is 6.06. The number of pyridine rings is 1. The summed E-state index contributed by atoms with van der Waals surface area (Å²) in [5, 5.41) is 5.14. The highest BCUT2D eigenvalue weighted by Crippen LogP contribution is 2.32. The van der Waals surface area contributed by atoms with E-state index >= 15 is 0 Å². The molecular weight excluding hydrogens is 354 g/mol. The second-order valence-electron chi connectivity index (χ2n) is 6.50. The van der Waals surface area contributed by atoms with Crippen molar-refractivity contribution in [1.82, 2.24) is 24.7 Å². The summed E-state index contributed by atoms with van der Waals surface area (Å²) in [6.45, 7) is 2.71. The Labute approximate surface area is 160 Å². The molecule has 0 atom stereocenters. The van der Waals surface area contributed by atoms with Gasteiger partial charge in [0.15, 0.2) is 11.6 Å². The van der Waals surface area contributed by atoms with Crippen molar-refractivity contribution in [3.05, 3.63) is 72.6 Å². The van der Waals surface area contributed by atoms with Gasteiger partial charge in [-0.25, -0.2) is 4.98 Å². The molecule has 0 aliphatic rings. The maximum Gasteiger partial charge on any atom is 0.228 e. The van der Waals surface area contributed by atoms with Gasteiger partial charge in [-0.2, -0.15) is 4.98 Å². The molecule has 138 valence electrons. The Morgan fingerprint density at radius 1 is 1.07 bits per heavy atom. The van der Waals surface area contributed by atoms with Gasteiger partial charge in [-0.3, -0.25) is 4.98 Å². The lowest BCUT2D eigenvalue weighted by Crippen LogP contribution is -2.03. The van der Waals surface area contributed by atoms with Crippen molar-refractivity contribution in [2.45, 2.75) is 19.9 Å². The van der Waals surface area contributed by atoms with Crippen LogP contribution in [0.4, 0.5) is 0 Å². The van der Waals surface area contributed by atoms with Gasteiger partial charge >= 0.3 is 0 Å². The topological polar surface area (TPSA) is 82.8 Å². The number of aromatic nitrogens is 5. The van der Waals surface area contributed by atoms with Crippen LogP contribution in [-0.2, 0) is 13.0 Å². The molecule has 0 N–H and O–H groups in total. The summed E-state index contributed by atoms with van der Waals surface area (Å²) in [6, 6.07) is 11.8. The molecule has 1 aromatic carbocycles. The Morgan fingerprint density at radius 2 is 2.00 bits per heavy atom. The second kappa shape index (κ2) is 6.77. The lowest BCUT2D eigenvalue weighted by Gasteiger charge is -2.04. The van der Waals surface area contributed by atoms with Crippen LogP contribution in [-0.4, -0.2) is 24.7 Å². The minimum Gasteiger partial charge on any atom is -0.453 e. The predicted molar refractivity (Wildman–Crippen MR) is 103 cm³/mol. The molecular formula is C21H17N5O2. The minimum atomic E-state index is 0.544. The number of hydrogen-bond acceptors (Lipinski definition) is 6. The molecule has 0 spiro atoms. The highest BCUT2D eigenvalue weighted by molar-refractivity contribution is 5.86. The average Bonchev–Trinajstić information content (AvgIpc) is 3.46. The van der Waals surface area contributed by atoms with Crippen LogP contribution >= 0.6 is 0 Å². The first-order valence-corrected chi connectivity index (χ1v) is 9.02. The summed E-state index contributed by atoms with van der Waals surface area (Å²) in [5.41, 5.74) is 2.78. The van der Waals surface area contributed by atoms with Crippen molar-refractivity contribution >= 4 is 11.0 Å². The monoisotopic (exact) mass is 371 g/mol. The zero-order valence-corrected chi connectivity index (χ0v) is 15.2. The molecule has 0 aliphatic heterocycles. The van der Waals surface area contributed by atoms with Gasteiger partial charge in [0.2, 0.25) is 11.7 Å². The van der Waals surface area contributed by atoms with E-state index in [2.05, 4.69) is 33.1 Å². The van der Waals surface area contributed by atoms with Crippen molar-refractivity contribution in [2.75, 3.05) is 0 Å². The van der Waals surface area contributed by atoms with Crippen molar-refractivity contribution < 1.29 is 8.94 Å². The highest BCUT2D eigenvalue weighted by atomic mass is 16.5. The molecule has 5 rings (SSSR count). The fourth-order valence-corrected chi connectivity index (χ4v) is 3.27. The van der Waals surface area contributed by atoms with E-state index in [0.29, 0.717) is 24.7 Å². The van der Waals surface area contributed by atoms with Gasteiger partial charge in [0.05, 0.1) is 0 Å². The van der Waals surface area contributed by atoms with E-state index in [1.165, 1.54) is 0 Å². The lowest BCUT2D eigenvalue weighted by molar-refractivity contribution is 0.372. The Morgan fingerprint density at radius 3 is 2.86 bits per heavy atom. The van der Waals surface area contributed by atoms with E-state index in [1.807, 2.05) is 41.1 Å². The molecule has 0 radical (unpaired) electrons. The number of para-hydroxylation sites is 1. The van der Waals surface area contributed by atoms with Gasteiger partial charge in [-0.1, -0.05) is 23.4 Å². The summed E-state index contributed by atoms with van der Waals surface area (Å²) in [4.78, 5) is 13.0. The Kier molecular flexibility index (Phi) is 3.97. The molecule has 0 saturated carbocycles. The predicted octanol–water partition coefficient (Wildman–Crippen LogP) is 4.29. The molecule has 0 aliphatic carbocycles. The fourth-order valence-electron chi connectivity index (χ4n) is 3.27. The quantitative estimate of drug-likeness (QED) is 0.458. The maximum absolute atomic E-state index is 6.06. The molecule has 4 heterocycles. The normalized spacial score (nSPS) is 11.3. The van der Waals surface area contributed by atoms with Gasteiger partial charge in [0, 0.05) is 54.3 Å². The molecule has 0 saturated heterocycles. The van der Waals surface area contributed by atoms with Crippen LogP contribution in [0, 0.1) is 6.92 Å². The number of rotatable bonds is 5. The molecule has 7 heteroatoms. The van der Waals surface area contributed by atoms with Gasteiger partial charge in [0.1, 0.15) is 5.58 Å². The van der Waals surface area contributed by atoms with E-state index < -0.39 is 0 Å². The van der Waals surface area contributed by atoms with Crippen molar-refractivity contribution in [1.29, 1.82) is 0 Å². The molecule has 4 aromatic heterocycles. The van der Waals surface area contributed by atoms with E-state index in [-0.39, 0.29) is 0 Å². The summed E-state index contributed by atoms with van der Waals surface area (Å²) < 4.78 is 13.5. The third-order valence-electron chi connectivity index (χ3n) is 4.72. The zero-order valence-electron chi connectivity index (χ0n) is 15.2. The highest BCUT2D eigenvalue weighted by Gasteiger charge is 2.17. The first kappa shape index (κ1) is 16.4. The molecule has 5 aromatic rings. The van der Waals surface area contributed by atoms with Crippen molar-refractivity contribution in [3.8, 4) is 23.0 Å². The largest absolute Gasteiger partial charge is 0.453 e. The number of aryl methyl sites for hydroxylation is 3. The Balaban J connectivity index is 1.39. The van der Waals surface area contributed by atoms with Crippen LogP contribution in [0.3, 0.4) is 0 Å². The molecule has 0 amide bonds. The van der Waals surface area contributed by atoms with Crippen LogP contribution in [0.5, 0.6) is 0 Å². The summed E-state index contributed by atoms with van der Waals surface area (Å²) in [7, 11) is 0. The van der Waals surface area contributed by atoms with Gasteiger partial charge in [-0.05, 0) is 25.1 Å². The van der Waals surface area contributed by atoms with E-state index in [4.69, 9.17) is 8.94 Å². The Hall–Kier alpha value is -3.74. The third kappa shape index (κ3) is 2.87. The minimum absolute atomic E-state index is 0.544. The zero-order chi connectivity index (χ0) is 18.9. The molecule has 7 nitrogen and oxygen atoms in total. The van der Waals surface area contributed by atoms with E-state index in [9.17, 15) is 0 Å². The van der Waals surface area contributed by atoms with Crippen LogP contribution in [0.1, 0.15) is 11.5 Å². The van der Waals surface area contributed by atoms with Gasteiger partial charge in [0.25, 0.3) is 0 Å². The van der Waals surface area contributed by atoms with Gasteiger partial charge in [-0.15, -0.1) is 0 Å². The van der Waals surface area contributed by atoms with E-state index in [1.54, 1.807) is 18.6 Å². The average molecular weight is 371 g/mol. The van der Waals surface area contributed by atoms with Crippen LogP contribution in [0.15, 0.2) is 70.1 Å². The molecule has 28 heavy (non-hydrogen) atoms. The number of nitrogens with zero attached hydrogens (tertiary/aromatic N) is 5. The van der Waals surface area contributed by atoms with Crippen molar-refractivity contribution in [2.24, 2.45) is 0 Å². The number of furan rings is 1. The first-order chi connectivity index (χ1) is 13.8. The fraction of sp³-hybridized carbons (Fsp3) is 0.143. The first-order valence-electron chi connectivity index (χ1n) is 9.02. The lowest BCUT2D eigenvalue weighted by atomic mass is 10.1. The van der Waals surface area contributed by atoms with E-state index in [0.717, 1.165) is 33.7 Å². The van der Waals surface area contributed by atoms with Crippen molar-refractivity contribution in [3.63, 3.8) is 0 Å². The van der Waals surface area contributed by atoms with Crippen LogP contribution in [0.25, 0.3) is 33.9 Å². The summed E-state index contributed by atoms with van der Waals surface area (Å²) >= 11 is 0. The standard InChI is InChI=1S/C21H17N5O2/c1-14-16-6-2-3-7-17(16)27-19(14)21-23-10-12-26(21)11-8-18-24-20(25-28-18)15-5-4-9-22-13-15/h2-7,9-10,12-13H,8,11H2,1H3. The SMILES string of the molecule is Cc1c(-c2nccn2CCc2nc(-c3cccnc3)no2)oc2ccccc12.